The molecular formula is C26H32N2O4S. The number of carbonyl (C=O) groups is 2. The second kappa shape index (κ2) is 10.2. The van der Waals surface area contributed by atoms with Gasteiger partial charge in [0.15, 0.2) is 5.78 Å². The maximum absolute atomic E-state index is 13.1. The molecule has 7 heteroatoms. The van der Waals surface area contributed by atoms with Crippen LogP contribution in [0.25, 0.3) is 0 Å². The first-order chi connectivity index (χ1) is 15.8. The van der Waals surface area contributed by atoms with Crippen LogP contribution in [0, 0.1) is 11.8 Å². The number of Topliss-reactive ketones (excluding diaryl/α,β-unsaturated/α-hetero) is 1. The molecule has 2 saturated heterocycles. The summed E-state index contributed by atoms with van der Waals surface area (Å²) in [5.74, 6) is 0.582. The fourth-order valence-corrected chi connectivity index (χ4v) is 6.39. The Balaban J connectivity index is 1.28. The third-order valence-electron chi connectivity index (χ3n) is 7.00. The molecule has 0 N–H and O–H groups in total. The molecule has 176 valence electrons. The van der Waals surface area contributed by atoms with Crippen molar-refractivity contribution in [2.75, 3.05) is 26.2 Å². The minimum atomic E-state index is -3.62. The molecule has 0 bridgehead atoms. The van der Waals surface area contributed by atoms with Crippen molar-refractivity contribution in [2.24, 2.45) is 11.8 Å². The third kappa shape index (κ3) is 5.53. The predicted molar refractivity (Wildman–Crippen MR) is 127 cm³/mol. The number of carbonyl (C=O) groups excluding carboxylic acids is 2. The van der Waals surface area contributed by atoms with Crippen molar-refractivity contribution in [1.82, 2.24) is 9.21 Å². The zero-order valence-corrected chi connectivity index (χ0v) is 20.0. The van der Waals surface area contributed by atoms with Gasteiger partial charge in [0, 0.05) is 37.7 Å². The molecule has 0 spiro atoms. The van der Waals surface area contributed by atoms with Crippen LogP contribution in [0.4, 0.5) is 0 Å². The molecule has 2 fully saturated rings. The number of likely N-dealkylation sites (tertiary alicyclic amines) is 1. The number of piperidine rings is 2. The van der Waals surface area contributed by atoms with E-state index in [1.54, 1.807) is 12.1 Å². The highest BCUT2D eigenvalue weighted by Crippen LogP contribution is 2.28. The second-order valence-corrected chi connectivity index (χ2v) is 11.2. The minimum Gasteiger partial charge on any atom is -0.342 e. The molecule has 2 aliphatic rings. The van der Waals surface area contributed by atoms with E-state index in [1.807, 2.05) is 11.0 Å². The SMILES string of the molecule is CC(=O)c1ccc(S(=O)(=O)N2CCC(C(=O)N3CCC(Cc4ccccc4)CC3)CC2)cc1. The molecule has 1 amide bonds. The topological polar surface area (TPSA) is 74.8 Å². The molecule has 0 saturated carbocycles. The van der Waals surface area contributed by atoms with Crippen molar-refractivity contribution >= 4 is 21.7 Å². The van der Waals surface area contributed by atoms with Gasteiger partial charge in [-0.15, -0.1) is 0 Å². The largest absolute Gasteiger partial charge is 0.342 e. The molecule has 4 rings (SSSR count). The zero-order valence-electron chi connectivity index (χ0n) is 19.2. The van der Waals surface area contributed by atoms with Crippen LogP contribution in [0.2, 0.25) is 0 Å². The van der Waals surface area contributed by atoms with Gasteiger partial charge in [-0.05, 0) is 62.6 Å². The number of rotatable bonds is 6. The molecule has 2 aliphatic heterocycles. The van der Waals surface area contributed by atoms with E-state index in [-0.39, 0.29) is 22.5 Å². The minimum absolute atomic E-state index is 0.0950. The second-order valence-electron chi connectivity index (χ2n) is 9.22. The quantitative estimate of drug-likeness (QED) is 0.605. The lowest BCUT2D eigenvalue weighted by Gasteiger charge is -2.37. The Morgan fingerprint density at radius 1 is 0.848 bits per heavy atom. The standard InChI is InChI=1S/C26H32N2O4S/c1-20(29)23-7-9-25(10-8-23)33(31,32)28-17-13-24(14-18-28)26(30)27-15-11-22(12-16-27)19-21-5-3-2-4-6-21/h2-10,22,24H,11-19H2,1H3. The summed E-state index contributed by atoms with van der Waals surface area (Å²) in [6.45, 7) is 3.72. The van der Waals surface area contributed by atoms with E-state index in [1.165, 1.54) is 28.9 Å². The van der Waals surface area contributed by atoms with Gasteiger partial charge in [-0.1, -0.05) is 42.5 Å². The summed E-state index contributed by atoms with van der Waals surface area (Å²) in [6, 6.07) is 16.6. The van der Waals surface area contributed by atoms with Gasteiger partial charge < -0.3 is 4.90 Å². The van der Waals surface area contributed by atoms with Gasteiger partial charge in [-0.2, -0.15) is 4.31 Å². The van der Waals surface area contributed by atoms with Crippen LogP contribution in [-0.4, -0.2) is 55.5 Å². The smallest absolute Gasteiger partial charge is 0.243 e. The van der Waals surface area contributed by atoms with Crippen molar-refractivity contribution in [3.63, 3.8) is 0 Å². The first-order valence-corrected chi connectivity index (χ1v) is 13.2. The van der Waals surface area contributed by atoms with Crippen molar-refractivity contribution < 1.29 is 18.0 Å². The van der Waals surface area contributed by atoms with E-state index in [9.17, 15) is 18.0 Å². The van der Waals surface area contributed by atoms with Crippen LogP contribution in [0.3, 0.4) is 0 Å². The lowest BCUT2D eigenvalue weighted by molar-refractivity contribution is -0.138. The normalized spacial score (nSPS) is 18.9. The number of nitrogens with zero attached hydrogens (tertiary/aromatic N) is 2. The Bertz CT molecular complexity index is 1070. The molecule has 33 heavy (non-hydrogen) atoms. The summed E-state index contributed by atoms with van der Waals surface area (Å²) in [7, 11) is -3.62. The predicted octanol–water partition coefficient (Wildman–Crippen LogP) is 3.77. The van der Waals surface area contributed by atoms with Gasteiger partial charge in [0.05, 0.1) is 4.90 Å². The highest BCUT2D eigenvalue weighted by molar-refractivity contribution is 7.89. The van der Waals surface area contributed by atoms with Crippen LogP contribution in [0.15, 0.2) is 59.5 Å². The van der Waals surface area contributed by atoms with Crippen molar-refractivity contribution in [3.05, 3.63) is 65.7 Å². The Morgan fingerprint density at radius 2 is 1.45 bits per heavy atom. The summed E-state index contributed by atoms with van der Waals surface area (Å²) in [5, 5.41) is 0. The van der Waals surface area contributed by atoms with E-state index in [0.29, 0.717) is 37.4 Å². The molecule has 0 atom stereocenters. The fourth-order valence-electron chi connectivity index (χ4n) is 4.92. The van der Waals surface area contributed by atoms with Crippen molar-refractivity contribution in [1.29, 1.82) is 0 Å². The molecule has 0 aromatic heterocycles. The summed E-state index contributed by atoms with van der Waals surface area (Å²) < 4.78 is 27.4. The molecule has 2 aromatic carbocycles. The Morgan fingerprint density at radius 3 is 2.03 bits per heavy atom. The van der Waals surface area contributed by atoms with E-state index in [4.69, 9.17) is 0 Å². The molecule has 2 heterocycles. The van der Waals surface area contributed by atoms with Crippen LogP contribution in [0.5, 0.6) is 0 Å². The van der Waals surface area contributed by atoms with E-state index in [2.05, 4.69) is 24.3 Å². The van der Waals surface area contributed by atoms with E-state index >= 15 is 0 Å². The van der Waals surface area contributed by atoms with Crippen LogP contribution < -0.4 is 0 Å². The molecule has 6 nitrogen and oxygen atoms in total. The number of benzene rings is 2. The third-order valence-corrected chi connectivity index (χ3v) is 8.91. The first-order valence-electron chi connectivity index (χ1n) is 11.8. The molecular weight excluding hydrogens is 436 g/mol. The van der Waals surface area contributed by atoms with Gasteiger partial charge in [0.25, 0.3) is 0 Å². The van der Waals surface area contributed by atoms with Crippen LogP contribution >= 0.6 is 0 Å². The maximum Gasteiger partial charge on any atom is 0.243 e. The average Bonchev–Trinajstić information content (AvgIpc) is 2.85. The summed E-state index contributed by atoms with van der Waals surface area (Å²) >= 11 is 0. The van der Waals surface area contributed by atoms with Gasteiger partial charge in [0.1, 0.15) is 0 Å². The van der Waals surface area contributed by atoms with E-state index < -0.39 is 10.0 Å². The zero-order chi connectivity index (χ0) is 23.4. The highest BCUT2D eigenvalue weighted by atomic mass is 32.2. The van der Waals surface area contributed by atoms with Gasteiger partial charge in [-0.25, -0.2) is 8.42 Å². The summed E-state index contributed by atoms with van der Waals surface area (Å²) in [4.78, 5) is 26.7. The van der Waals surface area contributed by atoms with Gasteiger partial charge >= 0.3 is 0 Å². The molecule has 0 radical (unpaired) electrons. The summed E-state index contributed by atoms with van der Waals surface area (Å²) in [5.41, 5.74) is 1.84. The Hall–Kier alpha value is -2.51. The monoisotopic (exact) mass is 468 g/mol. The fraction of sp³-hybridized carbons (Fsp3) is 0.462. The van der Waals surface area contributed by atoms with Crippen LogP contribution in [-0.2, 0) is 21.2 Å². The number of ketones is 1. The molecule has 0 unspecified atom stereocenters. The lowest BCUT2D eigenvalue weighted by Crippen LogP contribution is -2.46. The van der Waals surface area contributed by atoms with Crippen molar-refractivity contribution in [3.8, 4) is 0 Å². The Labute approximate surface area is 196 Å². The van der Waals surface area contributed by atoms with Gasteiger partial charge in [-0.3, -0.25) is 9.59 Å². The average molecular weight is 469 g/mol. The van der Waals surface area contributed by atoms with Crippen LogP contribution in [0.1, 0.15) is 48.5 Å². The number of hydrogen-bond donors (Lipinski definition) is 0. The summed E-state index contributed by atoms with van der Waals surface area (Å²) in [6.07, 6.45) is 4.20. The van der Waals surface area contributed by atoms with E-state index in [0.717, 1.165) is 32.4 Å². The first kappa shape index (κ1) is 23.6. The number of hydrogen-bond acceptors (Lipinski definition) is 4. The number of amides is 1. The highest BCUT2D eigenvalue weighted by Gasteiger charge is 2.34. The lowest BCUT2D eigenvalue weighted by atomic mass is 9.89. The molecule has 0 aliphatic carbocycles. The van der Waals surface area contributed by atoms with Gasteiger partial charge in [0.2, 0.25) is 15.9 Å². The number of sulfonamides is 1. The maximum atomic E-state index is 13.1. The Kier molecular flexibility index (Phi) is 7.29. The van der Waals surface area contributed by atoms with Crippen molar-refractivity contribution in [2.45, 2.75) is 43.9 Å². The molecule has 2 aromatic rings.